The first-order valence-corrected chi connectivity index (χ1v) is 7.16. The Balaban J connectivity index is 1.86. The first-order valence-electron chi connectivity index (χ1n) is 6.76. The fourth-order valence-corrected chi connectivity index (χ4v) is 1.92. The molecule has 2 aromatic rings. The van der Waals surface area contributed by atoms with Crippen molar-refractivity contribution in [2.24, 2.45) is 0 Å². The second kappa shape index (κ2) is 7.71. The summed E-state index contributed by atoms with van der Waals surface area (Å²) in [6.07, 6.45) is -4.76. The molecule has 0 saturated heterocycles. The first-order chi connectivity index (χ1) is 11.7. The van der Waals surface area contributed by atoms with Gasteiger partial charge in [-0.25, -0.2) is 0 Å². The number of phenolic OH excluding ortho intramolecular Hbond substituents is 1. The van der Waals surface area contributed by atoms with Crippen molar-refractivity contribution in [3.05, 3.63) is 54.1 Å². The fraction of sp³-hybridized carbons (Fsp3) is 0.0667. The minimum Gasteiger partial charge on any atom is -0.507 e. The molecule has 0 aliphatic carbocycles. The highest BCUT2D eigenvalue weighted by atomic mass is 32.1. The van der Waals surface area contributed by atoms with Crippen molar-refractivity contribution in [1.82, 2.24) is 10.9 Å². The molecule has 0 spiro atoms. The number of rotatable bonds is 3. The molecule has 0 saturated carbocycles. The van der Waals surface area contributed by atoms with E-state index >= 15 is 0 Å². The number of ether oxygens (including phenoxy) is 1. The number of alkyl halides is 3. The van der Waals surface area contributed by atoms with Gasteiger partial charge >= 0.3 is 6.36 Å². The molecule has 6 nitrogen and oxygen atoms in total. The number of phenols is 1. The molecule has 2 rings (SSSR count). The average Bonchev–Trinajstić information content (AvgIpc) is 2.53. The number of hydrazine groups is 1. The molecule has 0 heterocycles. The van der Waals surface area contributed by atoms with Gasteiger partial charge in [-0.3, -0.25) is 15.6 Å². The molecular formula is C15H12F3N3O3S. The normalized spacial score (nSPS) is 10.7. The number of benzene rings is 2. The van der Waals surface area contributed by atoms with Crippen LogP contribution in [0.2, 0.25) is 0 Å². The van der Waals surface area contributed by atoms with E-state index < -0.39 is 12.3 Å². The van der Waals surface area contributed by atoms with Gasteiger partial charge in [0.05, 0.1) is 5.56 Å². The number of anilines is 1. The topological polar surface area (TPSA) is 82.6 Å². The molecule has 0 fully saturated rings. The van der Waals surface area contributed by atoms with E-state index in [4.69, 9.17) is 12.2 Å². The third kappa shape index (κ3) is 5.84. The molecule has 0 radical (unpaired) electrons. The summed E-state index contributed by atoms with van der Waals surface area (Å²) in [4.78, 5) is 11.9. The van der Waals surface area contributed by atoms with Crippen LogP contribution in [0.1, 0.15) is 10.4 Å². The summed E-state index contributed by atoms with van der Waals surface area (Å²) in [5, 5.41) is 12.2. The van der Waals surface area contributed by atoms with Gasteiger partial charge in [0.1, 0.15) is 11.5 Å². The number of hydrogen-bond donors (Lipinski definition) is 4. The highest BCUT2D eigenvalue weighted by Crippen LogP contribution is 2.23. The zero-order valence-electron chi connectivity index (χ0n) is 12.4. The quantitative estimate of drug-likeness (QED) is 0.491. The summed E-state index contributed by atoms with van der Waals surface area (Å²) in [5.74, 6) is -1.18. The Hall–Kier alpha value is -3.01. The lowest BCUT2D eigenvalue weighted by Crippen LogP contribution is -2.43. The maximum absolute atomic E-state index is 12.1. The Kier molecular flexibility index (Phi) is 5.65. The number of hydrogen-bond acceptors (Lipinski definition) is 4. The van der Waals surface area contributed by atoms with Gasteiger partial charge in [-0.1, -0.05) is 12.1 Å². The minimum absolute atomic E-state index is 0.00624. The van der Waals surface area contributed by atoms with Crippen LogP contribution in [-0.4, -0.2) is 22.5 Å². The van der Waals surface area contributed by atoms with Gasteiger partial charge in [0.25, 0.3) is 5.91 Å². The van der Waals surface area contributed by atoms with E-state index in [0.29, 0.717) is 5.69 Å². The predicted octanol–water partition coefficient (Wildman–Crippen LogP) is 2.92. The summed E-state index contributed by atoms with van der Waals surface area (Å²) in [5.41, 5.74) is 5.11. The van der Waals surface area contributed by atoms with Crippen LogP contribution in [0.3, 0.4) is 0 Å². The third-order valence-corrected chi connectivity index (χ3v) is 2.99. The number of amides is 1. The summed E-state index contributed by atoms with van der Waals surface area (Å²) in [6, 6.07) is 10.8. The van der Waals surface area contributed by atoms with Crippen LogP contribution in [0.25, 0.3) is 0 Å². The second-order valence-electron chi connectivity index (χ2n) is 4.62. The fourth-order valence-electron chi connectivity index (χ4n) is 1.75. The van der Waals surface area contributed by atoms with Gasteiger partial charge in [0.15, 0.2) is 5.11 Å². The number of carbonyl (C=O) groups is 1. The van der Waals surface area contributed by atoms with Crippen LogP contribution >= 0.6 is 12.2 Å². The zero-order chi connectivity index (χ0) is 18.4. The maximum atomic E-state index is 12.1. The lowest BCUT2D eigenvalue weighted by molar-refractivity contribution is -0.274. The lowest BCUT2D eigenvalue weighted by atomic mass is 10.2. The number of aromatic hydroxyl groups is 1. The van der Waals surface area contributed by atoms with Gasteiger partial charge < -0.3 is 15.2 Å². The van der Waals surface area contributed by atoms with Gasteiger partial charge in [-0.15, -0.1) is 13.2 Å². The Morgan fingerprint density at radius 2 is 1.68 bits per heavy atom. The van der Waals surface area contributed by atoms with Gasteiger partial charge in [0.2, 0.25) is 0 Å². The van der Waals surface area contributed by atoms with E-state index in [0.717, 1.165) is 12.1 Å². The van der Waals surface area contributed by atoms with Crippen LogP contribution < -0.4 is 20.9 Å². The van der Waals surface area contributed by atoms with Crippen LogP contribution in [0.5, 0.6) is 11.5 Å². The Bertz CT molecular complexity index is 767. The summed E-state index contributed by atoms with van der Waals surface area (Å²) in [7, 11) is 0. The van der Waals surface area contributed by atoms with E-state index in [1.807, 2.05) is 0 Å². The molecule has 2 aromatic carbocycles. The van der Waals surface area contributed by atoms with Crippen molar-refractivity contribution in [2.75, 3.05) is 5.32 Å². The lowest BCUT2D eigenvalue weighted by Gasteiger charge is -2.13. The van der Waals surface area contributed by atoms with Crippen molar-refractivity contribution in [3.63, 3.8) is 0 Å². The average molecular weight is 371 g/mol. The van der Waals surface area contributed by atoms with Crippen LogP contribution in [0.4, 0.5) is 18.9 Å². The monoisotopic (exact) mass is 371 g/mol. The van der Waals surface area contributed by atoms with E-state index in [1.165, 1.54) is 24.3 Å². The van der Waals surface area contributed by atoms with E-state index in [2.05, 4.69) is 20.9 Å². The Morgan fingerprint density at radius 3 is 2.28 bits per heavy atom. The number of carbonyl (C=O) groups excluding carboxylic acids is 1. The molecule has 0 atom stereocenters. The van der Waals surface area contributed by atoms with Gasteiger partial charge in [0, 0.05) is 5.69 Å². The molecule has 0 aliphatic rings. The van der Waals surface area contributed by atoms with Crippen molar-refractivity contribution in [1.29, 1.82) is 0 Å². The molecule has 0 aliphatic heterocycles. The predicted molar refractivity (Wildman–Crippen MR) is 88.1 cm³/mol. The van der Waals surface area contributed by atoms with Crippen molar-refractivity contribution < 1.29 is 27.8 Å². The van der Waals surface area contributed by atoms with E-state index in [-0.39, 0.29) is 22.2 Å². The molecule has 10 heteroatoms. The second-order valence-corrected chi connectivity index (χ2v) is 5.03. The number of para-hydroxylation sites is 1. The smallest absolute Gasteiger partial charge is 0.507 e. The molecule has 1 amide bonds. The molecule has 0 bridgehead atoms. The SMILES string of the molecule is O=C(NNC(=S)Nc1ccc(OC(F)(F)F)cc1)c1ccccc1O. The van der Waals surface area contributed by atoms with Crippen LogP contribution in [0.15, 0.2) is 48.5 Å². The van der Waals surface area contributed by atoms with Crippen molar-refractivity contribution in [3.8, 4) is 11.5 Å². The summed E-state index contributed by atoms with van der Waals surface area (Å²) in [6.45, 7) is 0. The number of thiocarbonyl (C=S) groups is 1. The largest absolute Gasteiger partial charge is 0.573 e. The van der Waals surface area contributed by atoms with Crippen LogP contribution in [-0.2, 0) is 0 Å². The van der Waals surface area contributed by atoms with Crippen LogP contribution in [0, 0.1) is 0 Å². The Labute approximate surface area is 145 Å². The zero-order valence-corrected chi connectivity index (χ0v) is 13.2. The highest BCUT2D eigenvalue weighted by Gasteiger charge is 2.30. The molecule has 132 valence electrons. The summed E-state index contributed by atoms with van der Waals surface area (Å²) >= 11 is 4.95. The number of nitrogens with one attached hydrogen (secondary N) is 3. The standard InChI is InChI=1S/C15H12F3N3O3S/c16-15(17,18)24-10-7-5-9(6-8-10)19-14(25)21-20-13(23)11-3-1-2-4-12(11)22/h1-8,22H,(H,20,23)(H2,19,21,25). The molecule has 0 unspecified atom stereocenters. The maximum Gasteiger partial charge on any atom is 0.573 e. The number of halogens is 3. The van der Waals surface area contributed by atoms with Gasteiger partial charge in [-0.05, 0) is 48.6 Å². The van der Waals surface area contributed by atoms with Crippen molar-refractivity contribution in [2.45, 2.75) is 6.36 Å². The highest BCUT2D eigenvalue weighted by molar-refractivity contribution is 7.80. The van der Waals surface area contributed by atoms with E-state index in [1.54, 1.807) is 12.1 Å². The summed E-state index contributed by atoms with van der Waals surface area (Å²) < 4.78 is 40.0. The Morgan fingerprint density at radius 1 is 1.04 bits per heavy atom. The molecular weight excluding hydrogens is 359 g/mol. The third-order valence-electron chi connectivity index (χ3n) is 2.78. The van der Waals surface area contributed by atoms with E-state index in [9.17, 15) is 23.1 Å². The molecule has 0 aromatic heterocycles. The first kappa shape index (κ1) is 18.3. The minimum atomic E-state index is -4.76. The molecule has 4 N–H and O–H groups in total. The van der Waals surface area contributed by atoms with Gasteiger partial charge in [-0.2, -0.15) is 0 Å². The van der Waals surface area contributed by atoms with Crippen molar-refractivity contribution >= 4 is 28.9 Å². The molecule has 25 heavy (non-hydrogen) atoms.